The van der Waals surface area contributed by atoms with E-state index in [2.05, 4.69) is 5.32 Å². The smallest absolute Gasteiger partial charge is 0.338 e. The molecule has 33 heavy (non-hydrogen) atoms. The molecule has 2 bridgehead atoms. The van der Waals surface area contributed by atoms with Gasteiger partial charge in [0.05, 0.1) is 23.1 Å². The molecule has 2 saturated carbocycles. The minimum absolute atomic E-state index is 0.157. The fourth-order valence-corrected chi connectivity index (χ4v) is 5.84. The number of para-hydroxylation sites is 1. The van der Waals surface area contributed by atoms with E-state index in [4.69, 9.17) is 4.74 Å². The lowest BCUT2D eigenvalue weighted by Crippen LogP contribution is -2.32. The SMILES string of the molecule is Cc1cccc(C)c1NC(=O)COC(=O)c1cccc(N2C(=O)[C@@H]3[C@H]4CC[C@@H](C4)[C@H]3C2=O)c1. The van der Waals surface area contributed by atoms with Crippen LogP contribution in [-0.2, 0) is 19.1 Å². The topological polar surface area (TPSA) is 92.8 Å². The molecular formula is C26H26N2O5. The molecule has 7 nitrogen and oxygen atoms in total. The Bertz CT molecular complexity index is 1120. The van der Waals surface area contributed by atoms with Gasteiger partial charge in [0.1, 0.15) is 0 Å². The molecule has 7 heteroatoms. The van der Waals surface area contributed by atoms with Crippen LogP contribution in [0.3, 0.4) is 0 Å². The first-order chi connectivity index (χ1) is 15.8. The molecule has 1 saturated heterocycles. The summed E-state index contributed by atoms with van der Waals surface area (Å²) in [5.41, 5.74) is 3.11. The van der Waals surface area contributed by atoms with Crippen LogP contribution in [-0.4, -0.2) is 30.3 Å². The molecule has 3 fully saturated rings. The van der Waals surface area contributed by atoms with Crippen molar-refractivity contribution in [2.45, 2.75) is 33.1 Å². The molecule has 0 unspecified atom stereocenters. The number of amides is 3. The van der Waals surface area contributed by atoms with Crippen LogP contribution in [0.1, 0.15) is 40.7 Å². The number of rotatable bonds is 5. The molecule has 170 valence electrons. The second-order valence-electron chi connectivity index (χ2n) is 9.34. The summed E-state index contributed by atoms with van der Waals surface area (Å²) in [6, 6.07) is 12.0. The van der Waals surface area contributed by atoms with Crippen molar-refractivity contribution < 1.29 is 23.9 Å². The van der Waals surface area contributed by atoms with Crippen molar-refractivity contribution in [2.24, 2.45) is 23.7 Å². The van der Waals surface area contributed by atoms with Gasteiger partial charge in [-0.2, -0.15) is 0 Å². The molecule has 2 aliphatic carbocycles. The Morgan fingerprint density at radius 1 is 0.970 bits per heavy atom. The van der Waals surface area contributed by atoms with Gasteiger partial charge in [-0.1, -0.05) is 24.3 Å². The lowest BCUT2D eigenvalue weighted by molar-refractivity contribution is -0.123. The van der Waals surface area contributed by atoms with Gasteiger partial charge in [-0.15, -0.1) is 0 Å². The number of hydrogen-bond acceptors (Lipinski definition) is 5. The van der Waals surface area contributed by atoms with E-state index in [1.54, 1.807) is 18.2 Å². The third kappa shape index (κ3) is 3.61. The summed E-state index contributed by atoms with van der Waals surface area (Å²) in [4.78, 5) is 52.2. The summed E-state index contributed by atoms with van der Waals surface area (Å²) in [5, 5.41) is 2.78. The third-order valence-corrected chi connectivity index (χ3v) is 7.35. The van der Waals surface area contributed by atoms with Crippen molar-refractivity contribution in [3.05, 3.63) is 59.2 Å². The highest BCUT2D eigenvalue weighted by Gasteiger charge is 2.61. The number of esters is 1. The normalized spacial score (nSPS) is 25.3. The van der Waals surface area contributed by atoms with Crippen LogP contribution in [0, 0.1) is 37.5 Å². The first-order valence-corrected chi connectivity index (χ1v) is 11.4. The summed E-state index contributed by atoms with van der Waals surface area (Å²) in [6.07, 6.45) is 2.99. The number of aryl methyl sites for hydroxylation is 2. The van der Waals surface area contributed by atoms with Crippen LogP contribution in [0.2, 0.25) is 0 Å². The van der Waals surface area contributed by atoms with Gasteiger partial charge in [0.15, 0.2) is 6.61 Å². The molecule has 1 N–H and O–H groups in total. The van der Waals surface area contributed by atoms with Crippen molar-refractivity contribution in [3.8, 4) is 0 Å². The monoisotopic (exact) mass is 446 g/mol. The van der Waals surface area contributed by atoms with E-state index < -0.39 is 18.5 Å². The van der Waals surface area contributed by atoms with Gasteiger partial charge >= 0.3 is 5.97 Å². The molecule has 0 spiro atoms. The first kappa shape index (κ1) is 21.4. The molecule has 4 atom stereocenters. The van der Waals surface area contributed by atoms with Crippen molar-refractivity contribution >= 4 is 35.1 Å². The van der Waals surface area contributed by atoms with Crippen molar-refractivity contribution in [2.75, 3.05) is 16.8 Å². The van der Waals surface area contributed by atoms with E-state index >= 15 is 0 Å². The molecule has 1 heterocycles. The van der Waals surface area contributed by atoms with Gasteiger partial charge in [0, 0.05) is 5.69 Å². The van der Waals surface area contributed by atoms with Gasteiger partial charge in [-0.25, -0.2) is 4.79 Å². The molecule has 1 aliphatic heterocycles. The molecule has 3 aliphatic rings. The lowest BCUT2D eigenvalue weighted by atomic mass is 9.81. The number of carbonyl (C=O) groups is 4. The maximum Gasteiger partial charge on any atom is 0.338 e. The highest BCUT2D eigenvalue weighted by molar-refractivity contribution is 6.22. The fraction of sp³-hybridized carbons (Fsp3) is 0.385. The van der Waals surface area contributed by atoms with Crippen LogP contribution >= 0.6 is 0 Å². The lowest BCUT2D eigenvalue weighted by Gasteiger charge is -2.19. The molecular weight excluding hydrogens is 420 g/mol. The number of anilines is 2. The summed E-state index contributed by atoms with van der Waals surface area (Å²) in [6.45, 7) is 3.34. The molecule has 3 amide bonds. The Kier molecular flexibility index (Phi) is 5.27. The van der Waals surface area contributed by atoms with E-state index in [-0.39, 0.29) is 29.2 Å². The molecule has 5 rings (SSSR count). The maximum atomic E-state index is 13.0. The van der Waals surface area contributed by atoms with Crippen LogP contribution < -0.4 is 10.2 Å². The van der Waals surface area contributed by atoms with Crippen molar-refractivity contribution in [1.29, 1.82) is 0 Å². The third-order valence-electron chi connectivity index (χ3n) is 7.35. The standard InChI is InChI=1S/C26H26N2O5/c1-14-5-3-6-15(2)23(14)27-20(29)13-33-26(32)18-7-4-8-19(12-18)28-24(30)21-16-9-10-17(11-16)22(21)25(28)31/h3-8,12,16-17,21-22H,9-11,13H2,1-2H3,(H,27,29)/t16-,17-,21+,22+/m0/s1. The predicted molar refractivity (Wildman–Crippen MR) is 122 cm³/mol. The van der Waals surface area contributed by atoms with Crippen LogP contribution in [0.4, 0.5) is 11.4 Å². The van der Waals surface area contributed by atoms with E-state index in [0.29, 0.717) is 23.2 Å². The van der Waals surface area contributed by atoms with Gasteiger partial charge in [-0.05, 0) is 74.3 Å². The molecule has 2 aromatic carbocycles. The summed E-state index contributed by atoms with van der Waals surface area (Å²) in [5.74, 6) is -1.29. The van der Waals surface area contributed by atoms with E-state index in [9.17, 15) is 19.2 Å². The van der Waals surface area contributed by atoms with E-state index in [1.165, 1.54) is 11.0 Å². The number of hydrogen-bond donors (Lipinski definition) is 1. The molecule has 2 aromatic rings. The molecule has 0 radical (unpaired) electrons. The first-order valence-electron chi connectivity index (χ1n) is 11.4. The number of carbonyl (C=O) groups excluding carboxylic acids is 4. The number of imide groups is 1. The van der Waals surface area contributed by atoms with Crippen molar-refractivity contribution in [1.82, 2.24) is 0 Å². The Balaban J connectivity index is 1.26. The van der Waals surface area contributed by atoms with E-state index in [0.717, 1.165) is 30.4 Å². The van der Waals surface area contributed by atoms with Crippen LogP contribution in [0.15, 0.2) is 42.5 Å². The average Bonchev–Trinajstić information content (AvgIpc) is 3.48. The number of nitrogens with zero attached hydrogens (tertiary/aromatic N) is 1. The Hall–Kier alpha value is -3.48. The molecule has 0 aromatic heterocycles. The minimum atomic E-state index is -0.687. The quantitative estimate of drug-likeness (QED) is 0.559. The predicted octanol–water partition coefficient (Wildman–Crippen LogP) is 3.63. The van der Waals surface area contributed by atoms with Crippen LogP contribution in [0.5, 0.6) is 0 Å². The Morgan fingerprint density at radius 2 is 1.58 bits per heavy atom. The zero-order valence-electron chi connectivity index (χ0n) is 18.7. The summed E-state index contributed by atoms with van der Waals surface area (Å²) in [7, 11) is 0. The fourth-order valence-electron chi connectivity index (χ4n) is 5.84. The van der Waals surface area contributed by atoms with Gasteiger partial charge < -0.3 is 10.1 Å². The number of fused-ring (bicyclic) bond motifs is 5. The van der Waals surface area contributed by atoms with Gasteiger partial charge in [-0.3, -0.25) is 19.3 Å². The second kappa shape index (κ2) is 8.14. The highest BCUT2D eigenvalue weighted by atomic mass is 16.5. The summed E-state index contributed by atoms with van der Waals surface area (Å²) < 4.78 is 5.19. The largest absolute Gasteiger partial charge is 0.452 e. The Labute approximate surface area is 192 Å². The zero-order valence-corrected chi connectivity index (χ0v) is 18.7. The van der Waals surface area contributed by atoms with Crippen LogP contribution in [0.25, 0.3) is 0 Å². The zero-order chi connectivity index (χ0) is 23.3. The number of benzene rings is 2. The number of nitrogens with one attached hydrogen (secondary N) is 1. The van der Waals surface area contributed by atoms with E-state index in [1.807, 2.05) is 32.0 Å². The highest BCUT2D eigenvalue weighted by Crippen LogP contribution is 2.56. The summed E-state index contributed by atoms with van der Waals surface area (Å²) >= 11 is 0. The van der Waals surface area contributed by atoms with Crippen molar-refractivity contribution in [3.63, 3.8) is 0 Å². The van der Waals surface area contributed by atoms with Gasteiger partial charge in [0.25, 0.3) is 5.91 Å². The van der Waals surface area contributed by atoms with Gasteiger partial charge in [0.2, 0.25) is 11.8 Å². The number of ether oxygens (including phenoxy) is 1. The second-order valence-corrected chi connectivity index (χ2v) is 9.34. The minimum Gasteiger partial charge on any atom is -0.452 e. The average molecular weight is 447 g/mol. The maximum absolute atomic E-state index is 13.0. The Morgan fingerprint density at radius 3 is 2.21 bits per heavy atom.